The van der Waals surface area contributed by atoms with Crippen LogP contribution < -0.4 is 4.74 Å². The molecule has 11 heteroatoms. The molecule has 2 aromatic rings. The van der Waals surface area contributed by atoms with Crippen molar-refractivity contribution in [3.8, 4) is 5.75 Å². The fourth-order valence-corrected chi connectivity index (χ4v) is 5.58. The van der Waals surface area contributed by atoms with Crippen LogP contribution in [0.1, 0.15) is 51.2 Å². The highest BCUT2D eigenvalue weighted by atomic mass is 32.2. The maximum absolute atomic E-state index is 16.0. The van der Waals surface area contributed by atoms with Crippen molar-refractivity contribution < 1.29 is 39.7 Å². The van der Waals surface area contributed by atoms with Crippen LogP contribution in [0.2, 0.25) is 0 Å². The van der Waals surface area contributed by atoms with Crippen LogP contribution in [0.4, 0.5) is 30.7 Å². The van der Waals surface area contributed by atoms with E-state index in [1.165, 1.54) is 12.1 Å². The van der Waals surface area contributed by atoms with Crippen molar-refractivity contribution in [2.75, 3.05) is 6.61 Å². The van der Waals surface area contributed by atoms with Crippen LogP contribution in [-0.4, -0.2) is 33.4 Å². The molecular formula is C25H24F7NO2S. The minimum absolute atomic E-state index is 0.00794. The van der Waals surface area contributed by atoms with Gasteiger partial charge in [0.05, 0.1) is 4.75 Å². The average Bonchev–Trinajstić information content (AvgIpc) is 2.68. The number of alkyl halides is 5. The van der Waals surface area contributed by atoms with E-state index in [1.54, 1.807) is 32.9 Å². The van der Waals surface area contributed by atoms with Gasteiger partial charge < -0.3 is 4.74 Å². The molecule has 0 saturated heterocycles. The van der Waals surface area contributed by atoms with Crippen molar-refractivity contribution in [1.29, 1.82) is 0 Å². The van der Waals surface area contributed by atoms with Crippen LogP contribution in [0.5, 0.6) is 5.75 Å². The van der Waals surface area contributed by atoms with E-state index in [-0.39, 0.29) is 25.0 Å². The molecule has 196 valence electrons. The van der Waals surface area contributed by atoms with E-state index >= 15 is 8.78 Å². The normalized spacial score (nSPS) is 25.1. The molecule has 36 heavy (non-hydrogen) atoms. The number of hydrogen-bond donors (Lipinski definition) is 0. The topological polar surface area (TPSA) is 38.7 Å². The standard InChI is InChI=1S/C25H24F7NO2S/c1-21(2,3)36(34)33-20(18-9-6-16(26)10-19(18)27)25(31,32)23-11-22(12-23,13-23)15-4-7-17(8-5-15)35-14-24(28,29)30/h4-10H,11-14H2,1-3H3/b33-20+. The molecule has 1 unspecified atom stereocenters. The van der Waals surface area contributed by atoms with Crippen LogP contribution in [0.3, 0.4) is 0 Å². The molecule has 0 spiro atoms. The van der Waals surface area contributed by atoms with E-state index in [4.69, 9.17) is 0 Å². The van der Waals surface area contributed by atoms with Gasteiger partial charge in [0.15, 0.2) is 6.61 Å². The Hall–Kier alpha value is -2.43. The Balaban J connectivity index is 1.59. The molecule has 1 atom stereocenters. The van der Waals surface area contributed by atoms with E-state index in [2.05, 4.69) is 9.13 Å². The molecule has 3 fully saturated rings. The van der Waals surface area contributed by atoms with Gasteiger partial charge in [0.2, 0.25) is 0 Å². The maximum Gasteiger partial charge on any atom is 0.422 e. The number of hydrogen-bond acceptors (Lipinski definition) is 2. The molecule has 0 radical (unpaired) electrons. The smallest absolute Gasteiger partial charge is 0.422 e. The largest absolute Gasteiger partial charge is 0.484 e. The van der Waals surface area contributed by atoms with Gasteiger partial charge in [0, 0.05) is 17.0 Å². The monoisotopic (exact) mass is 535 g/mol. The van der Waals surface area contributed by atoms with Crippen molar-refractivity contribution in [3.05, 3.63) is 65.2 Å². The third-order valence-electron chi connectivity index (χ3n) is 6.75. The Morgan fingerprint density at radius 1 is 0.972 bits per heavy atom. The zero-order chi connectivity index (χ0) is 26.7. The van der Waals surface area contributed by atoms with Crippen molar-refractivity contribution in [2.24, 2.45) is 9.81 Å². The first kappa shape index (κ1) is 26.6. The van der Waals surface area contributed by atoms with Crippen molar-refractivity contribution >= 4 is 16.7 Å². The first-order valence-corrected chi connectivity index (χ1v) is 12.2. The number of ether oxygens (including phenoxy) is 1. The Labute approximate surface area is 206 Å². The van der Waals surface area contributed by atoms with Gasteiger partial charge in [-0.25, -0.2) is 13.0 Å². The highest BCUT2D eigenvalue weighted by Gasteiger charge is 2.78. The van der Waals surface area contributed by atoms with Crippen LogP contribution in [0.15, 0.2) is 46.9 Å². The third-order valence-corrected chi connectivity index (χ3v) is 8.14. The van der Waals surface area contributed by atoms with E-state index < -0.39 is 68.2 Å². The summed E-state index contributed by atoms with van der Waals surface area (Å²) in [5, 5.41) is 0. The highest BCUT2D eigenvalue weighted by molar-refractivity contribution is 7.85. The van der Waals surface area contributed by atoms with Gasteiger partial charge in [0.25, 0.3) is 5.92 Å². The van der Waals surface area contributed by atoms with Crippen LogP contribution in [0.25, 0.3) is 0 Å². The van der Waals surface area contributed by atoms with E-state index in [0.29, 0.717) is 11.6 Å². The summed E-state index contributed by atoms with van der Waals surface area (Å²) in [6, 6.07) is 8.02. The predicted molar refractivity (Wildman–Crippen MR) is 122 cm³/mol. The van der Waals surface area contributed by atoms with E-state index in [1.807, 2.05) is 0 Å². The fourth-order valence-electron chi connectivity index (χ4n) is 4.93. The van der Waals surface area contributed by atoms with Gasteiger partial charge in [-0.1, -0.05) is 12.1 Å². The number of nitrogens with zero attached hydrogens (tertiary/aromatic N) is 1. The molecule has 0 amide bonds. The predicted octanol–water partition coefficient (Wildman–Crippen LogP) is 6.91. The minimum atomic E-state index is -4.48. The summed E-state index contributed by atoms with van der Waals surface area (Å²) in [5.74, 6) is -5.82. The number of rotatable bonds is 7. The average molecular weight is 536 g/mol. The molecule has 3 aliphatic rings. The molecule has 0 aliphatic heterocycles. The molecule has 0 N–H and O–H groups in total. The van der Waals surface area contributed by atoms with Crippen molar-refractivity contribution in [1.82, 2.24) is 0 Å². The second-order valence-corrected chi connectivity index (χ2v) is 12.4. The van der Waals surface area contributed by atoms with E-state index in [0.717, 1.165) is 12.1 Å². The van der Waals surface area contributed by atoms with E-state index in [9.17, 15) is 26.2 Å². The summed E-state index contributed by atoms with van der Waals surface area (Å²) in [4.78, 5) is 0. The van der Waals surface area contributed by atoms with Crippen LogP contribution in [0, 0.1) is 17.0 Å². The summed E-state index contributed by atoms with van der Waals surface area (Å²) in [6.07, 6.45) is -4.40. The highest BCUT2D eigenvalue weighted by Crippen LogP contribution is 2.78. The van der Waals surface area contributed by atoms with Gasteiger partial charge in [-0.2, -0.15) is 26.3 Å². The molecule has 3 nitrogen and oxygen atoms in total. The summed E-state index contributed by atoms with van der Waals surface area (Å²) < 4.78 is 117. The molecule has 5 rings (SSSR count). The lowest BCUT2D eigenvalue weighted by molar-refractivity contribution is -0.249. The number of halogens is 7. The zero-order valence-electron chi connectivity index (χ0n) is 19.7. The van der Waals surface area contributed by atoms with Crippen molar-refractivity contribution in [2.45, 2.75) is 62.3 Å². The van der Waals surface area contributed by atoms with Gasteiger partial charge in [-0.05, 0) is 75.3 Å². The first-order valence-electron chi connectivity index (χ1n) is 11.1. The lowest BCUT2D eigenvalue weighted by atomic mass is 9.31. The molecule has 2 aromatic carbocycles. The van der Waals surface area contributed by atoms with Gasteiger partial charge >= 0.3 is 6.18 Å². The Kier molecular flexibility index (Phi) is 6.33. The van der Waals surface area contributed by atoms with Gasteiger partial charge in [-0.15, -0.1) is 0 Å². The molecule has 0 heterocycles. The van der Waals surface area contributed by atoms with Crippen LogP contribution in [-0.2, 0) is 16.4 Å². The Bertz CT molecular complexity index is 1200. The Morgan fingerprint density at radius 2 is 1.56 bits per heavy atom. The lowest BCUT2D eigenvalue weighted by Crippen LogP contribution is -2.73. The summed E-state index contributed by atoms with van der Waals surface area (Å²) in [7, 11) is -2.13. The molecule has 0 aromatic heterocycles. The molecule has 3 saturated carbocycles. The van der Waals surface area contributed by atoms with Gasteiger partial charge in [0.1, 0.15) is 34.1 Å². The molecule has 2 bridgehead atoms. The maximum atomic E-state index is 16.0. The second-order valence-electron chi connectivity index (χ2n) is 10.5. The van der Waals surface area contributed by atoms with Gasteiger partial charge in [-0.3, -0.25) is 0 Å². The summed E-state index contributed by atoms with van der Waals surface area (Å²) in [6.45, 7) is 3.19. The molecular weight excluding hydrogens is 511 g/mol. The minimum Gasteiger partial charge on any atom is -0.484 e. The first-order chi connectivity index (χ1) is 16.5. The quantitative estimate of drug-likeness (QED) is 0.285. The third kappa shape index (κ3) is 4.66. The fraction of sp³-hybridized carbons (Fsp3) is 0.480. The summed E-state index contributed by atoms with van der Waals surface area (Å²) >= 11 is 0. The van der Waals surface area contributed by atoms with Crippen LogP contribution >= 0.6 is 0 Å². The zero-order valence-corrected chi connectivity index (χ0v) is 20.5. The summed E-state index contributed by atoms with van der Waals surface area (Å²) in [5.41, 5.74) is -3.05. The Morgan fingerprint density at radius 3 is 2.06 bits per heavy atom. The SMILES string of the molecule is CC(C)(C)S(=O)/N=C(\c1ccc(F)cc1F)C(F)(F)C12CC(c3ccc(OCC(F)(F)F)cc3)(C1)C2. The lowest BCUT2D eigenvalue weighted by Gasteiger charge is -2.72. The molecule has 3 aliphatic carbocycles. The number of benzene rings is 2. The second kappa shape index (κ2) is 8.56. The van der Waals surface area contributed by atoms with Crippen molar-refractivity contribution in [3.63, 3.8) is 0 Å².